The van der Waals surface area contributed by atoms with Crippen LogP contribution in [0, 0.1) is 0 Å². The Hall–Kier alpha value is -3.73. The molecule has 4 rings (SSSR count). The molecule has 0 radical (unpaired) electrons. The first-order chi connectivity index (χ1) is 15.3. The second-order valence-corrected chi connectivity index (χ2v) is 7.28. The van der Waals surface area contributed by atoms with Gasteiger partial charge >= 0.3 is 0 Å². The number of hydrogen-bond donors (Lipinski definition) is 0. The van der Waals surface area contributed by atoms with Crippen LogP contribution in [0.15, 0.2) is 100 Å². The molecule has 2 heterocycles. The normalized spacial score (nSPS) is 11.8. The van der Waals surface area contributed by atoms with Crippen molar-refractivity contribution in [2.24, 2.45) is 0 Å². The van der Waals surface area contributed by atoms with Crippen molar-refractivity contribution in [3.63, 3.8) is 0 Å². The molecule has 2 aromatic heterocycles. The minimum Gasteiger partial charge on any atom is -0.496 e. The predicted octanol–water partition coefficient (Wildman–Crippen LogP) is 5.75. The average Bonchev–Trinajstić information content (AvgIpc) is 3.53. The van der Waals surface area contributed by atoms with E-state index in [0.29, 0.717) is 18.8 Å². The molecule has 1 atom stereocenters. The first-order valence-electron chi connectivity index (χ1n) is 10.3. The van der Waals surface area contributed by atoms with Crippen LogP contribution in [0.2, 0.25) is 0 Å². The van der Waals surface area contributed by atoms with Crippen LogP contribution < -0.4 is 4.74 Å². The third-order valence-electron chi connectivity index (χ3n) is 5.35. The van der Waals surface area contributed by atoms with Gasteiger partial charge in [0.15, 0.2) is 5.76 Å². The molecule has 5 heteroatoms. The van der Waals surface area contributed by atoms with E-state index in [0.717, 1.165) is 23.5 Å². The van der Waals surface area contributed by atoms with E-state index in [1.807, 2.05) is 48.5 Å². The van der Waals surface area contributed by atoms with Crippen molar-refractivity contribution in [1.29, 1.82) is 0 Å². The third kappa shape index (κ3) is 4.89. The Bertz CT molecular complexity index is 1070. The summed E-state index contributed by atoms with van der Waals surface area (Å²) in [5, 5.41) is 0. The summed E-state index contributed by atoms with van der Waals surface area (Å²) in [7, 11) is 1.69. The van der Waals surface area contributed by atoms with Crippen LogP contribution in [0.5, 0.6) is 5.75 Å². The summed E-state index contributed by atoms with van der Waals surface area (Å²) in [4.78, 5) is 14.9. The molecular formula is C26H25NO4. The summed E-state index contributed by atoms with van der Waals surface area (Å²) in [5.41, 5.74) is 2.27. The summed E-state index contributed by atoms with van der Waals surface area (Å²) in [6.45, 7) is 0.901. The van der Waals surface area contributed by atoms with Gasteiger partial charge in [0.1, 0.15) is 11.5 Å². The van der Waals surface area contributed by atoms with Gasteiger partial charge in [-0.2, -0.15) is 0 Å². The molecular weight excluding hydrogens is 390 g/mol. The summed E-state index contributed by atoms with van der Waals surface area (Å²) in [6.07, 6.45) is 3.85. The van der Waals surface area contributed by atoms with Crippen molar-refractivity contribution in [3.05, 3.63) is 114 Å². The fourth-order valence-corrected chi connectivity index (χ4v) is 3.83. The first kappa shape index (κ1) is 20.5. The molecule has 0 aliphatic heterocycles. The van der Waals surface area contributed by atoms with Gasteiger partial charge in [0.05, 0.1) is 26.2 Å². The number of nitrogens with zero attached hydrogens (tertiary/aromatic N) is 1. The molecule has 0 N–H and O–H groups in total. The Labute approximate surface area is 181 Å². The summed E-state index contributed by atoms with van der Waals surface area (Å²) in [5.74, 6) is 1.80. The van der Waals surface area contributed by atoms with Crippen LogP contribution in [0.4, 0.5) is 0 Å². The average molecular weight is 415 g/mol. The van der Waals surface area contributed by atoms with Crippen LogP contribution in [-0.2, 0) is 6.54 Å². The monoisotopic (exact) mass is 415 g/mol. The molecule has 4 aromatic rings. The summed E-state index contributed by atoms with van der Waals surface area (Å²) >= 11 is 0. The van der Waals surface area contributed by atoms with Gasteiger partial charge in [-0.3, -0.25) is 4.79 Å². The minimum atomic E-state index is -0.159. The maximum Gasteiger partial charge on any atom is 0.289 e. The number of amides is 1. The fourth-order valence-electron chi connectivity index (χ4n) is 3.83. The molecule has 1 amide bonds. The smallest absolute Gasteiger partial charge is 0.289 e. The van der Waals surface area contributed by atoms with Gasteiger partial charge in [0.25, 0.3) is 5.91 Å². The second kappa shape index (κ2) is 9.85. The molecule has 5 nitrogen and oxygen atoms in total. The maximum absolute atomic E-state index is 13.1. The number of carbonyl (C=O) groups is 1. The van der Waals surface area contributed by atoms with Gasteiger partial charge in [-0.15, -0.1) is 0 Å². The van der Waals surface area contributed by atoms with Crippen molar-refractivity contribution in [1.82, 2.24) is 4.90 Å². The van der Waals surface area contributed by atoms with Gasteiger partial charge < -0.3 is 18.5 Å². The first-order valence-corrected chi connectivity index (χ1v) is 10.3. The lowest BCUT2D eigenvalue weighted by atomic mass is 9.87. The quantitative estimate of drug-likeness (QED) is 0.349. The zero-order valence-electron chi connectivity index (χ0n) is 17.4. The largest absolute Gasteiger partial charge is 0.496 e. The van der Waals surface area contributed by atoms with E-state index < -0.39 is 0 Å². The van der Waals surface area contributed by atoms with Gasteiger partial charge in [-0.05, 0) is 42.3 Å². The zero-order valence-corrected chi connectivity index (χ0v) is 17.4. The number of furan rings is 2. The van der Waals surface area contributed by atoms with Gasteiger partial charge in [-0.25, -0.2) is 0 Å². The standard InChI is InChI=1S/C26H25NO4/c1-29-24-13-6-5-12-23(24)22(20-9-3-2-4-10-20)15-16-27(19-21-11-7-17-30-21)26(28)25-14-8-18-31-25/h2-14,17-18,22H,15-16,19H2,1H3/t22-/m0/s1. The van der Waals surface area contributed by atoms with E-state index >= 15 is 0 Å². The second-order valence-electron chi connectivity index (χ2n) is 7.28. The highest BCUT2D eigenvalue weighted by atomic mass is 16.5. The van der Waals surface area contributed by atoms with E-state index in [1.54, 1.807) is 30.4 Å². The lowest BCUT2D eigenvalue weighted by Gasteiger charge is -2.25. The molecule has 0 spiro atoms. The Morgan fingerprint density at radius 2 is 1.65 bits per heavy atom. The maximum atomic E-state index is 13.1. The van der Waals surface area contributed by atoms with Gasteiger partial charge in [-0.1, -0.05) is 48.5 Å². The summed E-state index contributed by atoms with van der Waals surface area (Å²) in [6, 6.07) is 25.4. The number of ether oxygens (including phenoxy) is 1. The third-order valence-corrected chi connectivity index (χ3v) is 5.35. The molecule has 0 aliphatic rings. The van der Waals surface area contributed by atoms with Crippen LogP contribution in [0.25, 0.3) is 0 Å². The van der Waals surface area contributed by atoms with Crippen molar-refractivity contribution in [3.8, 4) is 5.75 Å². The molecule has 158 valence electrons. The number of carbonyl (C=O) groups excluding carboxylic acids is 1. The fraction of sp³-hybridized carbons (Fsp3) is 0.192. The molecule has 0 bridgehead atoms. The Morgan fingerprint density at radius 1 is 0.903 bits per heavy atom. The number of rotatable bonds is 9. The number of hydrogen-bond acceptors (Lipinski definition) is 4. The molecule has 31 heavy (non-hydrogen) atoms. The van der Waals surface area contributed by atoms with Crippen molar-refractivity contribution in [2.75, 3.05) is 13.7 Å². The Morgan fingerprint density at radius 3 is 2.35 bits per heavy atom. The lowest BCUT2D eigenvalue weighted by Crippen LogP contribution is -2.32. The number of methoxy groups -OCH3 is 1. The molecule has 0 saturated carbocycles. The molecule has 0 unspecified atom stereocenters. The van der Waals surface area contributed by atoms with Crippen molar-refractivity contribution in [2.45, 2.75) is 18.9 Å². The number of para-hydroxylation sites is 1. The molecule has 0 aliphatic carbocycles. The van der Waals surface area contributed by atoms with E-state index in [4.69, 9.17) is 13.6 Å². The van der Waals surface area contributed by atoms with Gasteiger partial charge in [0, 0.05) is 18.0 Å². The Kier molecular flexibility index (Phi) is 6.53. The van der Waals surface area contributed by atoms with Crippen LogP contribution in [-0.4, -0.2) is 24.5 Å². The highest BCUT2D eigenvalue weighted by molar-refractivity contribution is 5.91. The zero-order chi connectivity index (χ0) is 21.5. The topological polar surface area (TPSA) is 55.8 Å². The van der Waals surface area contributed by atoms with Gasteiger partial charge in [0.2, 0.25) is 0 Å². The highest BCUT2D eigenvalue weighted by Gasteiger charge is 2.24. The molecule has 2 aromatic carbocycles. The van der Waals surface area contributed by atoms with Crippen molar-refractivity contribution >= 4 is 5.91 Å². The predicted molar refractivity (Wildman–Crippen MR) is 118 cm³/mol. The van der Waals surface area contributed by atoms with Crippen LogP contribution >= 0.6 is 0 Å². The van der Waals surface area contributed by atoms with E-state index in [1.165, 1.54) is 11.8 Å². The van der Waals surface area contributed by atoms with E-state index in [9.17, 15) is 4.79 Å². The van der Waals surface area contributed by atoms with Crippen LogP contribution in [0.1, 0.15) is 39.8 Å². The van der Waals surface area contributed by atoms with E-state index in [2.05, 4.69) is 18.2 Å². The minimum absolute atomic E-state index is 0.0702. The molecule has 0 saturated heterocycles. The SMILES string of the molecule is COc1ccccc1[C@@H](CCN(Cc1ccco1)C(=O)c1ccco1)c1ccccc1. The van der Waals surface area contributed by atoms with Crippen LogP contribution in [0.3, 0.4) is 0 Å². The van der Waals surface area contributed by atoms with Crippen molar-refractivity contribution < 1.29 is 18.4 Å². The number of benzene rings is 2. The highest BCUT2D eigenvalue weighted by Crippen LogP contribution is 2.34. The molecule has 0 fully saturated rings. The van der Waals surface area contributed by atoms with E-state index in [-0.39, 0.29) is 11.8 Å². The lowest BCUT2D eigenvalue weighted by molar-refractivity contribution is 0.0695. The summed E-state index contributed by atoms with van der Waals surface area (Å²) < 4.78 is 16.5. The Balaban J connectivity index is 1.62.